The highest BCUT2D eigenvalue weighted by atomic mass is 14.8. The van der Waals surface area contributed by atoms with Gasteiger partial charge in [0.15, 0.2) is 0 Å². The number of nitrogens with one attached hydrogen (secondary N) is 1. The second-order valence-corrected chi connectivity index (χ2v) is 4.91. The highest BCUT2D eigenvalue weighted by molar-refractivity contribution is 5.16. The van der Waals surface area contributed by atoms with Gasteiger partial charge < -0.3 is 5.32 Å². The fourth-order valence-electron chi connectivity index (χ4n) is 2.33. The van der Waals surface area contributed by atoms with Crippen LogP contribution in [0.15, 0.2) is 30.1 Å². The molecule has 0 spiro atoms. The Morgan fingerprint density at radius 1 is 1.29 bits per heavy atom. The third kappa shape index (κ3) is 4.31. The highest BCUT2D eigenvalue weighted by Crippen LogP contribution is 2.19. The van der Waals surface area contributed by atoms with Crippen molar-refractivity contribution in [3.63, 3.8) is 0 Å². The van der Waals surface area contributed by atoms with Crippen LogP contribution in [-0.2, 0) is 6.54 Å². The number of pyridine rings is 1. The molecular formula is C15H22N2. The zero-order chi connectivity index (χ0) is 11.9. The van der Waals surface area contributed by atoms with E-state index >= 15 is 0 Å². The maximum Gasteiger partial charge on any atom is 0.0313 e. The second-order valence-electron chi connectivity index (χ2n) is 4.91. The van der Waals surface area contributed by atoms with Gasteiger partial charge in [-0.05, 0) is 56.7 Å². The summed E-state index contributed by atoms with van der Waals surface area (Å²) >= 11 is 0. The Morgan fingerprint density at radius 3 is 3.00 bits per heavy atom. The predicted molar refractivity (Wildman–Crippen MR) is 71.8 cm³/mol. The van der Waals surface area contributed by atoms with Gasteiger partial charge in [-0.3, -0.25) is 4.98 Å². The Bertz CT molecular complexity index is 382. The van der Waals surface area contributed by atoms with Crippen LogP contribution < -0.4 is 5.32 Å². The van der Waals surface area contributed by atoms with Crippen LogP contribution in [0.3, 0.4) is 0 Å². The lowest BCUT2D eigenvalue weighted by Crippen LogP contribution is -2.15. The first kappa shape index (κ1) is 12.3. The minimum atomic E-state index is 0.932. The SMILES string of the molecule is Cc1cncc(CNCCC2=CCCCC2)c1. The van der Waals surface area contributed by atoms with Crippen LogP contribution in [0.2, 0.25) is 0 Å². The number of hydrogen-bond acceptors (Lipinski definition) is 2. The standard InChI is InChI=1S/C15H22N2/c1-13-9-15(12-17-10-13)11-16-8-7-14-5-3-2-4-6-14/h5,9-10,12,16H,2-4,6-8,11H2,1H3. The number of aromatic nitrogens is 1. The van der Waals surface area contributed by atoms with Crippen molar-refractivity contribution < 1.29 is 0 Å². The van der Waals surface area contributed by atoms with E-state index in [1.54, 1.807) is 5.57 Å². The summed E-state index contributed by atoms with van der Waals surface area (Å²) in [5.74, 6) is 0. The molecule has 17 heavy (non-hydrogen) atoms. The topological polar surface area (TPSA) is 24.9 Å². The molecule has 92 valence electrons. The summed E-state index contributed by atoms with van der Waals surface area (Å²) in [4.78, 5) is 4.20. The Labute approximate surface area is 104 Å². The average molecular weight is 230 g/mol. The average Bonchev–Trinajstić information content (AvgIpc) is 2.36. The maximum absolute atomic E-state index is 4.20. The summed E-state index contributed by atoms with van der Waals surface area (Å²) in [6, 6.07) is 2.19. The molecule has 1 N–H and O–H groups in total. The lowest BCUT2D eigenvalue weighted by molar-refractivity contribution is 0.631. The molecule has 0 radical (unpaired) electrons. The Kier molecular flexibility index (Phi) is 4.75. The number of rotatable bonds is 5. The molecule has 0 aromatic carbocycles. The van der Waals surface area contributed by atoms with Crippen molar-refractivity contribution in [2.75, 3.05) is 6.54 Å². The summed E-state index contributed by atoms with van der Waals surface area (Å²) in [6.07, 6.45) is 12.8. The van der Waals surface area contributed by atoms with Crippen LogP contribution in [0.4, 0.5) is 0 Å². The van der Waals surface area contributed by atoms with Gasteiger partial charge in [0.05, 0.1) is 0 Å². The first-order chi connectivity index (χ1) is 8.34. The largest absolute Gasteiger partial charge is 0.312 e. The maximum atomic E-state index is 4.20. The minimum absolute atomic E-state index is 0.932. The van der Waals surface area contributed by atoms with E-state index in [4.69, 9.17) is 0 Å². The van der Waals surface area contributed by atoms with Crippen LogP contribution in [0.25, 0.3) is 0 Å². The molecular weight excluding hydrogens is 208 g/mol. The lowest BCUT2D eigenvalue weighted by Gasteiger charge is -2.12. The summed E-state index contributed by atoms with van der Waals surface area (Å²) in [5, 5.41) is 3.50. The van der Waals surface area contributed by atoms with E-state index in [9.17, 15) is 0 Å². The van der Waals surface area contributed by atoms with Crippen molar-refractivity contribution in [3.05, 3.63) is 41.2 Å². The van der Waals surface area contributed by atoms with Gasteiger partial charge in [0.25, 0.3) is 0 Å². The van der Waals surface area contributed by atoms with Crippen LogP contribution in [0.5, 0.6) is 0 Å². The molecule has 2 heteroatoms. The Hall–Kier alpha value is -1.15. The Balaban J connectivity index is 1.67. The van der Waals surface area contributed by atoms with Crippen molar-refractivity contribution in [2.24, 2.45) is 0 Å². The van der Waals surface area contributed by atoms with E-state index < -0.39 is 0 Å². The van der Waals surface area contributed by atoms with Gasteiger partial charge in [0.1, 0.15) is 0 Å². The van der Waals surface area contributed by atoms with Gasteiger partial charge >= 0.3 is 0 Å². The third-order valence-electron chi connectivity index (χ3n) is 3.27. The molecule has 1 aliphatic carbocycles. The molecule has 1 heterocycles. The fourth-order valence-corrected chi connectivity index (χ4v) is 2.33. The molecule has 0 bridgehead atoms. The molecule has 0 amide bonds. The molecule has 2 nitrogen and oxygen atoms in total. The van der Waals surface area contributed by atoms with E-state index in [2.05, 4.69) is 29.4 Å². The van der Waals surface area contributed by atoms with Crippen molar-refractivity contribution >= 4 is 0 Å². The van der Waals surface area contributed by atoms with Crippen molar-refractivity contribution in [3.8, 4) is 0 Å². The van der Waals surface area contributed by atoms with E-state index in [0.29, 0.717) is 0 Å². The van der Waals surface area contributed by atoms with Gasteiger partial charge in [-0.15, -0.1) is 0 Å². The number of nitrogens with zero attached hydrogens (tertiary/aromatic N) is 1. The zero-order valence-corrected chi connectivity index (χ0v) is 10.7. The van der Waals surface area contributed by atoms with Crippen molar-refractivity contribution in [2.45, 2.75) is 45.6 Å². The van der Waals surface area contributed by atoms with E-state index in [1.807, 2.05) is 12.4 Å². The molecule has 0 fully saturated rings. The Morgan fingerprint density at radius 2 is 2.24 bits per heavy atom. The number of aryl methyl sites for hydroxylation is 1. The van der Waals surface area contributed by atoms with Crippen LogP contribution in [0, 0.1) is 6.92 Å². The molecule has 0 aliphatic heterocycles. The summed E-state index contributed by atoms with van der Waals surface area (Å²) in [5.41, 5.74) is 4.16. The molecule has 0 unspecified atom stereocenters. The van der Waals surface area contributed by atoms with Gasteiger partial charge in [-0.25, -0.2) is 0 Å². The molecule has 0 saturated heterocycles. The summed E-state index contributed by atoms with van der Waals surface area (Å²) < 4.78 is 0. The predicted octanol–water partition coefficient (Wildman–Crippen LogP) is 3.37. The number of allylic oxidation sites excluding steroid dienone is 1. The van der Waals surface area contributed by atoms with E-state index in [-0.39, 0.29) is 0 Å². The quantitative estimate of drug-likeness (QED) is 0.619. The lowest BCUT2D eigenvalue weighted by atomic mass is 9.97. The molecule has 1 aliphatic rings. The van der Waals surface area contributed by atoms with Gasteiger partial charge in [-0.1, -0.05) is 17.7 Å². The van der Waals surface area contributed by atoms with E-state index in [0.717, 1.165) is 13.1 Å². The fraction of sp³-hybridized carbons (Fsp3) is 0.533. The van der Waals surface area contributed by atoms with Gasteiger partial charge in [0.2, 0.25) is 0 Å². The van der Waals surface area contributed by atoms with Crippen molar-refractivity contribution in [1.82, 2.24) is 10.3 Å². The van der Waals surface area contributed by atoms with Crippen LogP contribution >= 0.6 is 0 Å². The minimum Gasteiger partial charge on any atom is -0.312 e. The molecule has 0 saturated carbocycles. The van der Waals surface area contributed by atoms with Gasteiger partial charge in [-0.2, -0.15) is 0 Å². The zero-order valence-electron chi connectivity index (χ0n) is 10.7. The second kappa shape index (κ2) is 6.55. The third-order valence-corrected chi connectivity index (χ3v) is 3.27. The van der Waals surface area contributed by atoms with Crippen LogP contribution in [0.1, 0.15) is 43.2 Å². The number of hydrogen-bond donors (Lipinski definition) is 1. The van der Waals surface area contributed by atoms with Crippen LogP contribution in [-0.4, -0.2) is 11.5 Å². The monoisotopic (exact) mass is 230 g/mol. The molecule has 0 atom stereocenters. The molecule has 2 rings (SSSR count). The first-order valence-electron chi connectivity index (χ1n) is 6.64. The summed E-state index contributed by atoms with van der Waals surface area (Å²) in [6.45, 7) is 4.10. The molecule has 1 aromatic heterocycles. The summed E-state index contributed by atoms with van der Waals surface area (Å²) in [7, 11) is 0. The first-order valence-corrected chi connectivity index (χ1v) is 6.64. The van der Waals surface area contributed by atoms with Gasteiger partial charge in [0, 0.05) is 18.9 Å². The normalized spacial score (nSPS) is 15.7. The van der Waals surface area contributed by atoms with Crippen molar-refractivity contribution in [1.29, 1.82) is 0 Å². The molecule has 1 aromatic rings. The smallest absolute Gasteiger partial charge is 0.0313 e. The highest BCUT2D eigenvalue weighted by Gasteiger charge is 2.02. The van der Waals surface area contributed by atoms with E-state index in [1.165, 1.54) is 43.2 Å².